The lowest BCUT2D eigenvalue weighted by Crippen LogP contribution is -2.49. The summed E-state index contributed by atoms with van der Waals surface area (Å²) in [6, 6.07) is 13.9. The largest absolute Gasteiger partial charge is 0.508 e. The molecule has 16 nitrogen and oxygen atoms in total. The van der Waals surface area contributed by atoms with E-state index in [9.17, 15) is 28.7 Å². The molecule has 8 heterocycles. The molecule has 5 unspecified atom stereocenters. The second-order valence-corrected chi connectivity index (χ2v) is 23.5. The SMILES string of the molecule is C#Cc1c(F)ccc2cc(O)cc(-c3ncc4c(N5CCCC(C)C5)nc(OC)nc4c3F)c12.CC1CCC(=O)NC1=O.CCC(C)C(=O)N(C)c1cc(C2CCN(C3CCN(C(=O)OCC4CCC5CCCN54)CC3)CC2)ccc1C. The molecule has 18 heteroatoms. The second-order valence-electron chi connectivity index (χ2n) is 23.5. The Morgan fingerprint density at radius 1 is 0.915 bits per heavy atom. The van der Waals surface area contributed by atoms with Crippen LogP contribution in [-0.4, -0.2) is 143 Å². The Labute approximate surface area is 481 Å². The van der Waals surface area contributed by atoms with E-state index in [1.165, 1.54) is 75.4 Å². The Bertz CT molecular complexity index is 3190. The van der Waals surface area contributed by atoms with Crippen molar-refractivity contribution < 1.29 is 42.5 Å². The fourth-order valence-corrected chi connectivity index (χ4v) is 13.0. The average molecular weight is 1130 g/mol. The molecule has 0 spiro atoms. The quantitative estimate of drug-likeness (QED) is 0.1000. The first-order valence-electron chi connectivity index (χ1n) is 29.7. The molecule has 0 radical (unpaired) electrons. The van der Waals surface area contributed by atoms with Crippen LogP contribution in [0.4, 0.5) is 25.1 Å². The number of fused-ring (bicyclic) bond motifs is 3. The third-order valence-electron chi connectivity index (χ3n) is 18.1. The van der Waals surface area contributed by atoms with Gasteiger partial charge in [-0.25, -0.2) is 13.6 Å². The number of aryl methyl sites for hydroxylation is 1. The number of nitrogens with one attached hydrogen (secondary N) is 1. The number of carbonyl (C=O) groups is 4. The second kappa shape index (κ2) is 26.5. The summed E-state index contributed by atoms with van der Waals surface area (Å²) in [6.45, 7) is 17.3. The third kappa shape index (κ3) is 13.3. The van der Waals surface area contributed by atoms with E-state index in [1.54, 1.807) is 0 Å². The number of imide groups is 1. The molecule has 4 amide bonds. The molecule has 0 bridgehead atoms. The maximum Gasteiger partial charge on any atom is 0.409 e. The minimum Gasteiger partial charge on any atom is -0.508 e. The van der Waals surface area contributed by atoms with E-state index >= 15 is 4.39 Å². The van der Waals surface area contributed by atoms with Gasteiger partial charge < -0.3 is 34.2 Å². The molecule has 0 aliphatic carbocycles. The van der Waals surface area contributed by atoms with Crippen molar-refractivity contribution in [3.05, 3.63) is 77.0 Å². The minimum absolute atomic E-state index is 0.0164. The zero-order valence-corrected chi connectivity index (χ0v) is 48.8. The van der Waals surface area contributed by atoms with Crippen molar-refractivity contribution in [2.75, 3.05) is 76.4 Å². The number of phenols is 1. The van der Waals surface area contributed by atoms with E-state index in [1.807, 2.05) is 30.7 Å². The van der Waals surface area contributed by atoms with Gasteiger partial charge in [0, 0.05) is 92.4 Å². The Morgan fingerprint density at radius 2 is 1.67 bits per heavy atom. The van der Waals surface area contributed by atoms with Crippen LogP contribution in [0.3, 0.4) is 0 Å². The average Bonchev–Trinajstić information content (AvgIpc) is 4.24. The van der Waals surface area contributed by atoms with Gasteiger partial charge in [0.05, 0.1) is 18.1 Å². The standard InChI is InChI=1S/C32H50N4O3.C26H22F2N4O2.C6H9NO2/c1-5-23(2)31(37)33(4)30-21-26(9-8-24(30)3)25-12-17-34(18-13-25)27-14-19-35(20-15-27)32(38)39-22-29-11-10-28-7-6-16-36(28)29;1-4-17-20(27)8-7-15-10-16(33)11-18(21(15)17)23-22(28)24-19(12-29-23)25(31-26(30-24)34-3)32-9-5-6-14(2)13-32;1-4-2-3-5(8)7-6(4)9/h8-9,21,23,25,27-29H,5-7,10-20,22H2,1-4H3;1,7-8,10-12,14,33H,5-6,9,13H2,2-3H3;4H,2-3H2,1H3,(H,7,8,9). The minimum atomic E-state index is -0.733. The number of likely N-dealkylation sites (tertiary alicyclic amines) is 2. The van der Waals surface area contributed by atoms with Crippen LogP contribution in [0, 0.1) is 48.7 Å². The molecule has 6 aliphatic rings. The molecule has 11 rings (SSSR count). The van der Waals surface area contributed by atoms with Gasteiger partial charge in [0.15, 0.2) is 5.82 Å². The number of ether oxygens (including phenoxy) is 2. The highest BCUT2D eigenvalue weighted by molar-refractivity contribution is 6.03. The lowest BCUT2D eigenvalue weighted by atomic mass is 9.87. The number of aromatic nitrogens is 3. The van der Waals surface area contributed by atoms with E-state index < -0.39 is 11.6 Å². The van der Waals surface area contributed by atoms with Gasteiger partial charge in [-0.1, -0.05) is 51.8 Å². The van der Waals surface area contributed by atoms with Gasteiger partial charge in [-0.3, -0.25) is 29.6 Å². The van der Waals surface area contributed by atoms with Gasteiger partial charge in [-0.2, -0.15) is 9.97 Å². The first kappa shape index (κ1) is 59.6. The number of rotatable bonds is 10. The highest BCUT2D eigenvalue weighted by Gasteiger charge is 2.38. The van der Waals surface area contributed by atoms with Gasteiger partial charge in [-0.05, 0) is 156 Å². The fraction of sp³-hybridized carbons (Fsp3) is 0.547. The number of phenolic OH excluding ortho intramolecular Hbond substituents is 1. The number of benzene rings is 3. The number of nitrogens with zero attached hydrogens (tertiary/aromatic N) is 8. The number of methoxy groups -OCH3 is 1. The summed E-state index contributed by atoms with van der Waals surface area (Å²) in [6.07, 6.45) is 20.6. The van der Waals surface area contributed by atoms with Crippen molar-refractivity contribution >= 4 is 57.0 Å². The lowest BCUT2D eigenvalue weighted by molar-refractivity contribution is -0.135. The number of halogens is 2. The summed E-state index contributed by atoms with van der Waals surface area (Å²) in [7, 11) is 3.34. The fourth-order valence-electron chi connectivity index (χ4n) is 13.0. The van der Waals surface area contributed by atoms with Gasteiger partial charge in [0.1, 0.15) is 35.2 Å². The molecular formula is C64H81F2N9O7. The summed E-state index contributed by atoms with van der Waals surface area (Å²) in [4.78, 5) is 71.0. The van der Waals surface area contributed by atoms with Crippen molar-refractivity contribution in [1.82, 2.24) is 35.0 Å². The predicted molar refractivity (Wildman–Crippen MR) is 315 cm³/mol. The smallest absolute Gasteiger partial charge is 0.409 e. The molecule has 6 saturated heterocycles. The van der Waals surface area contributed by atoms with Crippen molar-refractivity contribution in [2.24, 2.45) is 17.8 Å². The summed E-state index contributed by atoms with van der Waals surface area (Å²) in [5.41, 5.74) is 3.63. The van der Waals surface area contributed by atoms with Gasteiger partial charge >= 0.3 is 12.1 Å². The molecule has 438 valence electrons. The van der Waals surface area contributed by atoms with Gasteiger partial charge in [-0.15, -0.1) is 6.42 Å². The van der Waals surface area contributed by atoms with Crippen LogP contribution < -0.4 is 19.9 Å². The molecule has 5 aromatic rings. The topological polar surface area (TPSA) is 174 Å². The van der Waals surface area contributed by atoms with Crippen molar-refractivity contribution in [1.29, 1.82) is 0 Å². The number of amides is 4. The monoisotopic (exact) mass is 1130 g/mol. The third-order valence-corrected chi connectivity index (χ3v) is 18.1. The number of piperidine rings is 4. The van der Waals surface area contributed by atoms with Crippen LogP contribution in [-0.2, 0) is 19.1 Å². The molecule has 3 aromatic carbocycles. The lowest BCUT2D eigenvalue weighted by Gasteiger charge is -2.41. The molecule has 6 fully saturated rings. The molecular weight excluding hydrogens is 1040 g/mol. The molecule has 82 heavy (non-hydrogen) atoms. The number of hydrogen-bond acceptors (Lipinski definition) is 13. The maximum atomic E-state index is 16.0. The van der Waals surface area contributed by atoms with Crippen LogP contribution in [0.2, 0.25) is 0 Å². The zero-order valence-electron chi connectivity index (χ0n) is 48.8. The van der Waals surface area contributed by atoms with E-state index in [4.69, 9.17) is 15.9 Å². The van der Waals surface area contributed by atoms with Crippen LogP contribution >= 0.6 is 0 Å². The summed E-state index contributed by atoms with van der Waals surface area (Å²) >= 11 is 0. The number of terminal acetylenes is 1. The molecule has 0 saturated carbocycles. The first-order chi connectivity index (χ1) is 39.5. The van der Waals surface area contributed by atoms with E-state index in [0.29, 0.717) is 60.0 Å². The van der Waals surface area contributed by atoms with E-state index in [2.05, 4.69) is 79.9 Å². The number of pyridine rings is 1. The zero-order chi connectivity index (χ0) is 58.4. The first-order valence-corrected chi connectivity index (χ1v) is 29.7. The highest BCUT2D eigenvalue weighted by Crippen LogP contribution is 2.40. The number of hydrogen-bond donors (Lipinski definition) is 2. The number of anilines is 2. The Kier molecular flexibility index (Phi) is 19.3. The summed E-state index contributed by atoms with van der Waals surface area (Å²) < 4.78 is 41.6. The van der Waals surface area contributed by atoms with Crippen molar-refractivity contribution in [3.8, 4) is 35.4 Å². The molecule has 2 aromatic heterocycles. The van der Waals surface area contributed by atoms with Crippen LogP contribution in [0.25, 0.3) is 32.9 Å². The molecule has 2 N–H and O–H groups in total. The molecule has 6 aliphatic heterocycles. The van der Waals surface area contributed by atoms with Crippen molar-refractivity contribution in [2.45, 2.75) is 142 Å². The highest BCUT2D eigenvalue weighted by atomic mass is 19.1. The van der Waals surface area contributed by atoms with E-state index in [0.717, 1.165) is 102 Å². The van der Waals surface area contributed by atoms with Crippen LogP contribution in [0.1, 0.15) is 134 Å². The normalized spacial score (nSPS) is 22.1. The van der Waals surface area contributed by atoms with Crippen LogP contribution in [0.5, 0.6) is 11.8 Å². The maximum absolute atomic E-state index is 16.0. The summed E-state index contributed by atoms with van der Waals surface area (Å²) in [5.74, 6) is 2.41. The van der Waals surface area contributed by atoms with Crippen LogP contribution in [0.15, 0.2) is 48.7 Å². The molecule has 5 atom stereocenters. The van der Waals surface area contributed by atoms with Crippen molar-refractivity contribution in [3.63, 3.8) is 0 Å². The predicted octanol–water partition coefficient (Wildman–Crippen LogP) is 10.5. The Morgan fingerprint density at radius 3 is 2.37 bits per heavy atom. The van der Waals surface area contributed by atoms with Gasteiger partial charge in [0.2, 0.25) is 17.7 Å². The number of aromatic hydroxyl groups is 1. The Balaban J connectivity index is 0.000000172. The number of carbonyl (C=O) groups excluding carboxylic acids is 4. The van der Waals surface area contributed by atoms with E-state index in [-0.39, 0.29) is 75.1 Å². The van der Waals surface area contributed by atoms with Gasteiger partial charge in [0.25, 0.3) is 0 Å². The Hall–Kier alpha value is -6.97. The summed E-state index contributed by atoms with van der Waals surface area (Å²) in [5, 5.41) is 13.7.